The summed E-state index contributed by atoms with van der Waals surface area (Å²) in [6.45, 7) is 2.11. The zero-order valence-corrected chi connectivity index (χ0v) is 13.3. The van der Waals surface area contributed by atoms with Crippen molar-refractivity contribution in [1.82, 2.24) is 4.72 Å². The third kappa shape index (κ3) is 2.54. The fourth-order valence-electron chi connectivity index (χ4n) is 3.87. The molecule has 1 aromatic heterocycles. The van der Waals surface area contributed by atoms with Gasteiger partial charge in [0.1, 0.15) is 4.90 Å². The van der Waals surface area contributed by atoms with E-state index >= 15 is 0 Å². The predicted molar refractivity (Wildman–Crippen MR) is 79.1 cm³/mol. The standard InChI is InChI=1S/C14H21NO3S2/c1-9-8-19-13(7-16)14(9)20(17,18)15-6-12-5-10-2-3-11(12)4-10/h8,10-12,15-16H,2-7H2,1H3. The summed E-state index contributed by atoms with van der Waals surface area (Å²) < 4.78 is 27.7. The van der Waals surface area contributed by atoms with Crippen LogP contribution in [0.3, 0.4) is 0 Å². The maximum absolute atomic E-state index is 12.4. The summed E-state index contributed by atoms with van der Waals surface area (Å²) in [6, 6.07) is 0. The number of fused-ring (bicyclic) bond motifs is 2. The molecular formula is C14H21NO3S2. The van der Waals surface area contributed by atoms with Crippen molar-refractivity contribution in [3.8, 4) is 0 Å². The molecule has 2 fully saturated rings. The third-order valence-electron chi connectivity index (χ3n) is 4.82. The van der Waals surface area contributed by atoms with Gasteiger partial charge in [-0.05, 0) is 54.9 Å². The first-order chi connectivity index (χ1) is 9.51. The van der Waals surface area contributed by atoms with Crippen LogP contribution in [0.25, 0.3) is 0 Å². The number of rotatable bonds is 5. The molecule has 112 valence electrons. The van der Waals surface area contributed by atoms with Gasteiger partial charge in [-0.25, -0.2) is 13.1 Å². The van der Waals surface area contributed by atoms with Gasteiger partial charge < -0.3 is 5.11 Å². The lowest BCUT2D eigenvalue weighted by molar-refractivity contribution is 0.282. The second-order valence-corrected chi connectivity index (χ2v) is 8.78. The Labute approximate surface area is 124 Å². The van der Waals surface area contributed by atoms with E-state index in [-0.39, 0.29) is 11.5 Å². The number of nitrogens with one attached hydrogen (secondary N) is 1. The van der Waals surface area contributed by atoms with Crippen LogP contribution in [0.5, 0.6) is 0 Å². The number of hydrogen-bond acceptors (Lipinski definition) is 4. The summed E-state index contributed by atoms with van der Waals surface area (Å²) in [5.74, 6) is 2.04. The normalized spacial score (nSPS) is 29.2. The SMILES string of the molecule is Cc1csc(CO)c1S(=O)(=O)NCC1CC2CCC1C2. The van der Waals surface area contributed by atoms with Crippen molar-refractivity contribution in [3.05, 3.63) is 15.8 Å². The van der Waals surface area contributed by atoms with Crippen LogP contribution in [0.15, 0.2) is 10.3 Å². The van der Waals surface area contributed by atoms with E-state index in [0.717, 1.165) is 11.5 Å². The Morgan fingerprint density at radius 3 is 2.80 bits per heavy atom. The lowest BCUT2D eigenvalue weighted by atomic mass is 9.89. The highest BCUT2D eigenvalue weighted by atomic mass is 32.2. The Kier molecular flexibility index (Phi) is 3.92. The molecule has 4 nitrogen and oxygen atoms in total. The van der Waals surface area contributed by atoms with Gasteiger partial charge in [0.2, 0.25) is 10.0 Å². The van der Waals surface area contributed by atoms with E-state index in [1.54, 1.807) is 12.3 Å². The van der Waals surface area contributed by atoms with Crippen LogP contribution in [0.1, 0.15) is 36.1 Å². The van der Waals surface area contributed by atoms with Gasteiger partial charge in [0, 0.05) is 6.54 Å². The van der Waals surface area contributed by atoms with Gasteiger partial charge in [0.15, 0.2) is 0 Å². The highest BCUT2D eigenvalue weighted by Gasteiger charge is 2.39. The summed E-state index contributed by atoms with van der Waals surface area (Å²) in [4.78, 5) is 0.816. The summed E-state index contributed by atoms with van der Waals surface area (Å²) in [5, 5.41) is 11.1. The molecule has 2 aliphatic carbocycles. The van der Waals surface area contributed by atoms with Crippen molar-refractivity contribution >= 4 is 21.4 Å². The molecule has 2 saturated carbocycles. The molecule has 0 radical (unpaired) electrons. The van der Waals surface area contributed by atoms with Gasteiger partial charge in [-0.3, -0.25) is 0 Å². The Hall–Kier alpha value is -0.430. The first kappa shape index (κ1) is 14.5. The van der Waals surface area contributed by atoms with Crippen LogP contribution in [0.2, 0.25) is 0 Å². The summed E-state index contributed by atoms with van der Waals surface area (Å²) in [6.07, 6.45) is 5.04. The molecule has 0 amide bonds. The fourth-order valence-corrected chi connectivity index (χ4v) is 6.63. The van der Waals surface area contributed by atoms with E-state index in [2.05, 4.69) is 4.72 Å². The number of aliphatic hydroxyl groups is 1. The quantitative estimate of drug-likeness (QED) is 0.876. The highest BCUT2D eigenvalue weighted by Crippen LogP contribution is 2.48. The van der Waals surface area contributed by atoms with Crippen molar-refractivity contribution in [2.75, 3.05) is 6.54 Å². The number of sulfonamides is 1. The largest absolute Gasteiger partial charge is 0.391 e. The third-order valence-corrected chi connectivity index (χ3v) is 7.69. The molecule has 3 unspecified atom stereocenters. The zero-order chi connectivity index (χ0) is 14.3. The molecule has 3 rings (SSSR count). The maximum atomic E-state index is 12.4. The molecule has 2 bridgehead atoms. The second-order valence-electron chi connectivity index (χ2n) is 6.12. The van der Waals surface area contributed by atoms with Crippen LogP contribution >= 0.6 is 11.3 Å². The molecule has 3 atom stereocenters. The van der Waals surface area contributed by atoms with Crippen molar-refractivity contribution < 1.29 is 13.5 Å². The molecule has 6 heteroatoms. The monoisotopic (exact) mass is 315 g/mol. The maximum Gasteiger partial charge on any atom is 0.242 e. The summed E-state index contributed by atoms with van der Waals surface area (Å²) in [7, 11) is -3.49. The minimum atomic E-state index is -3.49. The molecular weight excluding hydrogens is 294 g/mol. The molecule has 2 N–H and O–H groups in total. The average molecular weight is 315 g/mol. The predicted octanol–water partition coefficient (Wildman–Crippen LogP) is 2.26. The molecule has 0 aromatic carbocycles. The Morgan fingerprint density at radius 1 is 1.40 bits per heavy atom. The Morgan fingerprint density at radius 2 is 2.20 bits per heavy atom. The number of aryl methyl sites for hydroxylation is 1. The van der Waals surface area contributed by atoms with E-state index in [1.807, 2.05) is 0 Å². The molecule has 0 aliphatic heterocycles. The smallest absolute Gasteiger partial charge is 0.242 e. The van der Waals surface area contributed by atoms with E-state index in [4.69, 9.17) is 0 Å². The van der Waals surface area contributed by atoms with E-state index < -0.39 is 10.0 Å². The average Bonchev–Trinajstić information content (AvgIpc) is 3.10. The van der Waals surface area contributed by atoms with E-state index in [1.165, 1.54) is 37.0 Å². The summed E-state index contributed by atoms with van der Waals surface area (Å²) in [5.41, 5.74) is 0.722. The second kappa shape index (κ2) is 5.40. The number of thiophene rings is 1. The molecule has 2 aliphatic rings. The first-order valence-electron chi connectivity index (χ1n) is 7.18. The van der Waals surface area contributed by atoms with Gasteiger partial charge in [-0.1, -0.05) is 6.42 Å². The topological polar surface area (TPSA) is 66.4 Å². The molecule has 0 saturated heterocycles. The van der Waals surface area contributed by atoms with E-state index in [9.17, 15) is 13.5 Å². The molecule has 1 heterocycles. The van der Waals surface area contributed by atoms with Gasteiger partial charge in [-0.2, -0.15) is 0 Å². The van der Waals surface area contributed by atoms with Crippen molar-refractivity contribution in [1.29, 1.82) is 0 Å². The number of aliphatic hydroxyl groups excluding tert-OH is 1. The molecule has 1 aromatic rings. The van der Waals surface area contributed by atoms with Gasteiger partial charge in [0.05, 0.1) is 11.5 Å². The van der Waals surface area contributed by atoms with Crippen LogP contribution in [0, 0.1) is 24.7 Å². The van der Waals surface area contributed by atoms with Gasteiger partial charge in [-0.15, -0.1) is 11.3 Å². The Bertz CT molecular complexity index is 594. The van der Waals surface area contributed by atoms with E-state index in [0.29, 0.717) is 23.3 Å². The van der Waals surface area contributed by atoms with Crippen LogP contribution in [-0.4, -0.2) is 20.1 Å². The van der Waals surface area contributed by atoms with Gasteiger partial charge >= 0.3 is 0 Å². The van der Waals surface area contributed by atoms with Crippen molar-refractivity contribution in [2.45, 2.75) is 44.1 Å². The first-order valence-corrected chi connectivity index (χ1v) is 9.55. The van der Waals surface area contributed by atoms with Crippen LogP contribution < -0.4 is 4.72 Å². The van der Waals surface area contributed by atoms with Gasteiger partial charge in [0.25, 0.3) is 0 Å². The van der Waals surface area contributed by atoms with Crippen molar-refractivity contribution in [3.63, 3.8) is 0 Å². The lowest BCUT2D eigenvalue weighted by Gasteiger charge is -2.22. The minimum Gasteiger partial charge on any atom is -0.391 e. The Balaban J connectivity index is 1.71. The van der Waals surface area contributed by atoms with Crippen LogP contribution in [0.4, 0.5) is 0 Å². The molecule has 20 heavy (non-hydrogen) atoms. The highest BCUT2D eigenvalue weighted by molar-refractivity contribution is 7.89. The number of hydrogen-bond donors (Lipinski definition) is 2. The summed E-state index contributed by atoms with van der Waals surface area (Å²) >= 11 is 1.30. The van der Waals surface area contributed by atoms with Crippen molar-refractivity contribution in [2.24, 2.45) is 17.8 Å². The fraction of sp³-hybridized carbons (Fsp3) is 0.714. The minimum absolute atomic E-state index is 0.219. The zero-order valence-electron chi connectivity index (χ0n) is 11.6. The van der Waals surface area contributed by atoms with Crippen LogP contribution in [-0.2, 0) is 16.6 Å². The lowest BCUT2D eigenvalue weighted by Crippen LogP contribution is -2.32. The molecule has 0 spiro atoms.